The molecule has 1 fully saturated rings. The van der Waals surface area contributed by atoms with E-state index in [0.29, 0.717) is 11.8 Å². The summed E-state index contributed by atoms with van der Waals surface area (Å²) in [4.78, 5) is 11.9. The molecule has 0 aromatic rings. The number of nitrogens with one attached hydrogen (secondary N) is 1. The molecule has 3 unspecified atom stereocenters. The van der Waals surface area contributed by atoms with Crippen molar-refractivity contribution < 1.29 is 9.90 Å². The SMILES string of the molecule is CCCNC1(C(N)=O)CCCC1CCSCC(C)CO. The second-order valence-electron chi connectivity index (χ2n) is 6.00. The number of carbonyl (C=O) groups is 1. The third kappa shape index (κ3) is 4.64. The molecule has 0 saturated heterocycles. The average molecular weight is 302 g/mol. The molecule has 1 rings (SSSR count). The Kier molecular flexibility index (Phi) is 7.92. The molecule has 0 aliphatic heterocycles. The van der Waals surface area contributed by atoms with Gasteiger partial charge in [0.2, 0.25) is 5.91 Å². The van der Waals surface area contributed by atoms with Gasteiger partial charge in [-0.05, 0) is 55.6 Å². The lowest BCUT2D eigenvalue weighted by Crippen LogP contribution is -2.58. The highest BCUT2D eigenvalue weighted by molar-refractivity contribution is 7.99. The summed E-state index contributed by atoms with van der Waals surface area (Å²) in [6.45, 7) is 5.27. The molecule has 0 radical (unpaired) electrons. The molecule has 5 heteroatoms. The number of rotatable bonds is 10. The predicted molar refractivity (Wildman–Crippen MR) is 85.8 cm³/mol. The zero-order valence-corrected chi connectivity index (χ0v) is 13.7. The first-order valence-corrected chi connectivity index (χ1v) is 8.95. The molecule has 1 amide bonds. The maximum absolute atomic E-state index is 11.9. The summed E-state index contributed by atoms with van der Waals surface area (Å²) in [7, 11) is 0. The largest absolute Gasteiger partial charge is 0.396 e. The average Bonchev–Trinajstić information content (AvgIpc) is 2.85. The summed E-state index contributed by atoms with van der Waals surface area (Å²) in [5.41, 5.74) is 5.22. The normalized spacial score (nSPS) is 27.6. The van der Waals surface area contributed by atoms with Gasteiger partial charge in [-0.3, -0.25) is 4.79 Å². The van der Waals surface area contributed by atoms with Crippen molar-refractivity contribution in [1.29, 1.82) is 0 Å². The molecule has 1 saturated carbocycles. The van der Waals surface area contributed by atoms with Gasteiger partial charge in [-0.15, -0.1) is 0 Å². The van der Waals surface area contributed by atoms with E-state index in [9.17, 15) is 4.79 Å². The Bertz CT molecular complexity index is 302. The number of thioether (sulfide) groups is 1. The van der Waals surface area contributed by atoms with Crippen molar-refractivity contribution in [2.45, 2.75) is 51.5 Å². The molecule has 0 heterocycles. The van der Waals surface area contributed by atoms with Crippen molar-refractivity contribution in [3.63, 3.8) is 0 Å². The van der Waals surface area contributed by atoms with E-state index in [1.165, 1.54) is 0 Å². The maximum Gasteiger partial charge on any atom is 0.238 e. The summed E-state index contributed by atoms with van der Waals surface area (Å²) >= 11 is 1.87. The van der Waals surface area contributed by atoms with Gasteiger partial charge < -0.3 is 16.2 Å². The quantitative estimate of drug-likeness (QED) is 0.538. The summed E-state index contributed by atoms with van der Waals surface area (Å²) in [6, 6.07) is 0. The highest BCUT2D eigenvalue weighted by Crippen LogP contribution is 2.38. The molecule has 0 bridgehead atoms. The second-order valence-corrected chi connectivity index (χ2v) is 7.15. The molecule has 1 aliphatic rings. The molecule has 20 heavy (non-hydrogen) atoms. The van der Waals surface area contributed by atoms with E-state index >= 15 is 0 Å². The number of carbonyl (C=O) groups excluding carboxylic acids is 1. The van der Waals surface area contributed by atoms with Crippen LogP contribution in [0.25, 0.3) is 0 Å². The highest BCUT2D eigenvalue weighted by Gasteiger charge is 2.46. The molecule has 4 N–H and O–H groups in total. The lowest BCUT2D eigenvalue weighted by atomic mass is 9.84. The molecule has 0 aromatic carbocycles. The summed E-state index contributed by atoms with van der Waals surface area (Å²) in [5, 5.41) is 12.4. The minimum atomic E-state index is -0.473. The Labute approximate surface area is 127 Å². The summed E-state index contributed by atoms with van der Waals surface area (Å²) in [5.74, 6) is 2.56. The molecular formula is C15H30N2O2S. The number of aliphatic hydroxyl groups excluding tert-OH is 1. The van der Waals surface area contributed by atoms with Crippen molar-refractivity contribution in [2.75, 3.05) is 24.7 Å². The zero-order chi connectivity index (χ0) is 15.0. The van der Waals surface area contributed by atoms with Crippen molar-refractivity contribution in [2.24, 2.45) is 17.6 Å². The fraction of sp³-hybridized carbons (Fsp3) is 0.933. The van der Waals surface area contributed by atoms with E-state index in [0.717, 1.165) is 50.2 Å². The molecule has 0 spiro atoms. The third-order valence-electron chi connectivity index (χ3n) is 4.28. The van der Waals surface area contributed by atoms with E-state index in [-0.39, 0.29) is 12.5 Å². The Hall–Kier alpha value is -0.260. The molecule has 118 valence electrons. The van der Waals surface area contributed by atoms with Crippen molar-refractivity contribution in [3.05, 3.63) is 0 Å². The van der Waals surface area contributed by atoms with E-state index < -0.39 is 5.54 Å². The van der Waals surface area contributed by atoms with Crippen molar-refractivity contribution in [3.8, 4) is 0 Å². The first-order valence-electron chi connectivity index (χ1n) is 7.80. The van der Waals surface area contributed by atoms with Crippen LogP contribution in [-0.4, -0.2) is 41.2 Å². The molecule has 1 aliphatic carbocycles. The Morgan fingerprint density at radius 1 is 1.60 bits per heavy atom. The van der Waals surface area contributed by atoms with Gasteiger partial charge >= 0.3 is 0 Å². The number of primary amides is 1. The highest BCUT2D eigenvalue weighted by atomic mass is 32.2. The number of hydrogen-bond donors (Lipinski definition) is 3. The Balaban J connectivity index is 2.47. The summed E-state index contributed by atoms with van der Waals surface area (Å²) in [6.07, 6.45) is 5.11. The molecule has 4 nitrogen and oxygen atoms in total. The van der Waals surface area contributed by atoms with Gasteiger partial charge in [0.05, 0.1) is 0 Å². The van der Waals surface area contributed by atoms with Crippen LogP contribution in [0.5, 0.6) is 0 Å². The second kappa shape index (κ2) is 8.90. The minimum Gasteiger partial charge on any atom is -0.396 e. The number of nitrogens with two attached hydrogens (primary N) is 1. The van der Waals surface area contributed by atoms with Gasteiger partial charge in [-0.25, -0.2) is 0 Å². The molecular weight excluding hydrogens is 272 g/mol. The zero-order valence-electron chi connectivity index (χ0n) is 12.9. The third-order valence-corrected chi connectivity index (χ3v) is 5.60. The van der Waals surface area contributed by atoms with Gasteiger partial charge in [-0.1, -0.05) is 20.3 Å². The van der Waals surface area contributed by atoms with Crippen LogP contribution in [0.2, 0.25) is 0 Å². The van der Waals surface area contributed by atoms with Crippen LogP contribution in [0, 0.1) is 11.8 Å². The van der Waals surface area contributed by atoms with E-state index in [1.54, 1.807) is 0 Å². The van der Waals surface area contributed by atoms with Crippen LogP contribution in [0.15, 0.2) is 0 Å². The first kappa shape index (κ1) is 17.8. The minimum absolute atomic E-state index is 0.179. The first-order chi connectivity index (χ1) is 9.56. The smallest absolute Gasteiger partial charge is 0.238 e. The van der Waals surface area contributed by atoms with Crippen LogP contribution >= 0.6 is 11.8 Å². The fourth-order valence-electron chi connectivity index (χ4n) is 3.02. The fourth-order valence-corrected chi connectivity index (χ4v) is 4.15. The maximum atomic E-state index is 11.9. The van der Waals surface area contributed by atoms with Gasteiger partial charge in [0.1, 0.15) is 5.54 Å². The van der Waals surface area contributed by atoms with Crippen LogP contribution in [-0.2, 0) is 4.79 Å². The van der Waals surface area contributed by atoms with Gasteiger partial charge in [-0.2, -0.15) is 11.8 Å². The van der Waals surface area contributed by atoms with Gasteiger partial charge in [0.15, 0.2) is 0 Å². The van der Waals surface area contributed by atoms with E-state index in [2.05, 4.69) is 19.2 Å². The molecule has 3 atom stereocenters. The number of hydrogen-bond acceptors (Lipinski definition) is 4. The van der Waals surface area contributed by atoms with Crippen molar-refractivity contribution in [1.82, 2.24) is 5.32 Å². The lowest BCUT2D eigenvalue weighted by Gasteiger charge is -2.33. The number of amides is 1. The van der Waals surface area contributed by atoms with Crippen molar-refractivity contribution >= 4 is 17.7 Å². The lowest BCUT2D eigenvalue weighted by molar-refractivity contribution is -0.126. The van der Waals surface area contributed by atoms with Gasteiger partial charge in [0.25, 0.3) is 0 Å². The van der Waals surface area contributed by atoms with Crippen LogP contribution in [0.3, 0.4) is 0 Å². The van der Waals surface area contributed by atoms with E-state index in [4.69, 9.17) is 10.8 Å². The molecule has 0 aromatic heterocycles. The van der Waals surface area contributed by atoms with Gasteiger partial charge in [0, 0.05) is 6.61 Å². The monoisotopic (exact) mass is 302 g/mol. The predicted octanol–water partition coefficient (Wildman–Crippen LogP) is 1.76. The van der Waals surface area contributed by atoms with Crippen LogP contribution < -0.4 is 11.1 Å². The van der Waals surface area contributed by atoms with Crippen LogP contribution in [0.4, 0.5) is 0 Å². The Morgan fingerprint density at radius 2 is 2.35 bits per heavy atom. The van der Waals surface area contributed by atoms with Crippen LogP contribution in [0.1, 0.15) is 46.0 Å². The summed E-state index contributed by atoms with van der Waals surface area (Å²) < 4.78 is 0. The van der Waals surface area contributed by atoms with E-state index in [1.807, 2.05) is 11.8 Å². The standard InChI is InChI=1S/C15H30N2O2S/c1-3-8-17-15(14(16)19)7-4-5-13(15)6-9-20-11-12(2)10-18/h12-13,17-18H,3-11H2,1-2H3,(H2,16,19). The number of aliphatic hydroxyl groups is 1. The Morgan fingerprint density at radius 3 is 2.95 bits per heavy atom. The topological polar surface area (TPSA) is 75.3 Å².